The van der Waals surface area contributed by atoms with Crippen molar-refractivity contribution in [3.63, 3.8) is 0 Å². The molecule has 0 aliphatic heterocycles. The molecule has 6 nitrogen and oxygen atoms in total. The fourth-order valence-corrected chi connectivity index (χ4v) is 1.43. The summed E-state index contributed by atoms with van der Waals surface area (Å²) in [5, 5.41) is 8.84. The van der Waals surface area contributed by atoms with Crippen molar-refractivity contribution >= 4 is 11.6 Å². The summed E-state index contributed by atoms with van der Waals surface area (Å²) in [6.45, 7) is 0. The van der Waals surface area contributed by atoms with Gasteiger partial charge in [0.05, 0.1) is 5.56 Å². The minimum Gasteiger partial charge on any atom is -0.437 e. The van der Waals surface area contributed by atoms with Gasteiger partial charge in [-0.3, -0.25) is 4.79 Å². The smallest absolute Gasteiger partial charge is 0.248 e. The molecule has 1 aromatic heterocycles. The van der Waals surface area contributed by atoms with E-state index in [9.17, 15) is 4.79 Å². The van der Waals surface area contributed by atoms with Crippen LogP contribution in [0.1, 0.15) is 15.9 Å². The van der Waals surface area contributed by atoms with Gasteiger partial charge in [0.25, 0.3) is 0 Å². The van der Waals surface area contributed by atoms with Crippen molar-refractivity contribution in [2.45, 2.75) is 0 Å². The van der Waals surface area contributed by atoms with E-state index in [-0.39, 0.29) is 11.6 Å². The van der Waals surface area contributed by atoms with Gasteiger partial charge >= 0.3 is 0 Å². The van der Waals surface area contributed by atoms with Gasteiger partial charge in [0.2, 0.25) is 11.8 Å². The van der Waals surface area contributed by atoms with Crippen LogP contribution in [0.15, 0.2) is 36.5 Å². The molecule has 94 valence electrons. The number of nitriles is 1. The van der Waals surface area contributed by atoms with Crippen molar-refractivity contribution in [2.75, 3.05) is 5.73 Å². The summed E-state index contributed by atoms with van der Waals surface area (Å²) in [6.07, 6.45) is 1.43. The Kier molecular flexibility index (Phi) is 3.30. The van der Waals surface area contributed by atoms with Crippen LogP contribution >= 0.6 is 0 Å². The Balaban J connectivity index is 2.27. The highest BCUT2D eigenvalue weighted by Gasteiger charge is 2.08. The number of anilines is 1. The second-order valence-corrected chi connectivity index (χ2v) is 3.68. The molecule has 0 aliphatic rings. The molecule has 0 radical (unpaired) electrons. The van der Waals surface area contributed by atoms with Crippen LogP contribution in [-0.4, -0.2) is 10.9 Å². The zero-order valence-corrected chi connectivity index (χ0v) is 9.83. The average Bonchev–Trinajstić information content (AvgIpc) is 2.42. The lowest BCUT2D eigenvalue weighted by atomic mass is 10.2. The molecule has 2 rings (SSSR count). The third kappa shape index (κ3) is 2.61. The maximum absolute atomic E-state index is 10.9. The molecular formula is C13H10N4O2. The average molecular weight is 254 g/mol. The molecule has 0 saturated carbocycles. The van der Waals surface area contributed by atoms with Crippen molar-refractivity contribution in [3.05, 3.63) is 47.7 Å². The van der Waals surface area contributed by atoms with Crippen molar-refractivity contribution in [2.24, 2.45) is 5.73 Å². The minimum atomic E-state index is -0.518. The molecule has 4 N–H and O–H groups in total. The van der Waals surface area contributed by atoms with Crippen molar-refractivity contribution in [1.82, 2.24) is 4.98 Å². The normalized spacial score (nSPS) is 9.63. The van der Waals surface area contributed by atoms with Gasteiger partial charge in [0.1, 0.15) is 17.5 Å². The summed E-state index contributed by atoms with van der Waals surface area (Å²) in [7, 11) is 0. The van der Waals surface area contributed by atoms with Gasteiger partial charge in [-0.05, 0) is 30.3 Å². The van der Waals surface area contributed by atoms with Gasteiger partial charge in [0, 0.05) is 11.8 Å². The lowest BCUT2D eigenvalue weighted by molar-refractivity contribution is 0.100. The van der Waals surface area contributed by atoms with Crippen molar-refractivity contribution < 1.29 is 9.53 Å². The predicted octanol–water partition coefficient (Wildman–Crippen LogP) is 1.43. The van der Waals surface area contributed by atoms with Crippen LogP contribution in [0.5, 0.6) is 11.6 Å². The first-order valence-electron chi connectivity index (χ1n) is 5.34. The summed E-state index contributed by atoms with van der Waals surface area (Å²) < 4.78 is 5.45. The zero-order valence-electron chi connectivity index (χ0n) is 9.83. The lowest BCUT2D eigenvalue weighted by Gasteiger charge is -2.08. The van der Waals surface area contributed by atoms with Gasteiger partial charge in [-0.1, -0.05) is 0 Å². The molecule has 2 aromatic rings. The SMILES string of the molecule is N#Cc1ccnc(Oc2ccc(C(N)=O)cc2)c1N. The Hall–Kier alpha value is -3.07. The molecule has 19 heavy (non-hydrogen) atoms. The molecule has 1 amide bonds. The number of pyridine rings is 1. The molecule has 0 fully saturated rings. The number of benzene rings is 1. The molecule has 6 heteroatoms. The van der Waals surface area contributed by atoms with E-state index in [2.05, 4.69) is 4.98 Å². The van der Waals surface area contributed by atoms with Gasteiger partial charge in [-0.25, -0.2) is 4.98 Å². The number of amides is 1. The predicted molar refractivity (Wildman–Crippen MR) is 68.4 cm³/mol. The summed E-state index contributed by atoms with van der Waals surface area (Å²) in [5.41, 5.74) is 11.7. The number of aromatic nitrogens is 1. The maximum atomic E-state index is 10.9. The highest BCUT2D eigenvalue weighted by Crippen LogP contribution is 2.27. The number of hydrogen-bond acceptors (Lipinski definition) is 5. The van der Waals surface area contributed by atoms with E-state index in [0.29, 0.717) is 16.9 Å². The quantitative estimate of drug-likeness (QED) is 0.859. The third-order valence-corrected chi connectivity index (χ3v) is 2.43. The van der Waals surface area contributed by atoms with E-state index in [0.717, 1.165) is 0 Å². The molecule has 1 heterocycles. The van der Waals surface area contributed by atoms with Crippen LogP contribution in [0.3, 0.4) is 0 Å². The van der Waals surface area contributed by atoms with Crippen LogP contribution in [0.25, 0.3) is 0 Å². The number of carbonyl (C=O) groups excluding carboxylic acids is 1. The second-order valence-electron chi connectivity index (χ2n) is 3.68. The summed E-state index contributed by atoms with van der Waals surface area (Å²) in [6, 6.07) is 9.64. The van der Waals surface area contributed by atoms with Crippen LogP contribution in [0, 0.1) is 11.3 Å². The van der Waals surface area contributed by atoms with E-state index in [1.54, 1.807) is 12.1 Å². The molecule has 0 saturated heterocycles. The van der Waals surface area contributed by atoms with E-state index in [4.69, 9.17) is 21.5 Å². The van der Waals surface area contributed by atoms with Gasteiger partial charge in [-0.15, -0.1) is 0 Å². The third-order valence-electron chi connectivity index (χ3n) is 2.43. The standard InChI is InChI=1S/C13H10N4O2/c14-7-9-5-6-17-13(11(9)15)19-10-3-1-8(2-4-10)12(16)18/h1-6H,15H2,(H2,16,18). The van der Waals surface area contributed by atoms with Gasteiger partial charge in [-0.2, -0.15) is 5.26 Å². The Morgan fingerprint density at radius 1 is 1.26 bits per heavy atom. The number of primary amides is 1. The van der Waals surface area contributed by atoms with E-state index < -0.39 is 5.91 Å². The Morgan fingerprint density at radius 2 is 1.95 bits per heavy atom. The monoisotopic (exact) mass is 254 g/mol. The molecule has 0 aliphatic carbocycles. The van der Waals surface area contributed by atoms with Crippen molar-refractivity contribution in [3.8, 4) is 17.7 Å². The first kappa shape index (κ1) is 12.4. The van der Waals surface area contributed by atoms with Crippen LogP contribution in [-0.2, 0) is 0 Å². The first-order valence-corrected chi connectivity index (χ1v) is 5.34. The number of rotatable bonds is 3. The molecule has 0 atom stereocenters. The molecular weight excluding hydrogens is 244 g/mol. The van der Waals surface area contributed by atoms with Crippen LogP contribution in [0.4, 0.5) is 5.69 Å². The highest BCUT2D eigenvalue weighted by molar-refractivity contribution is 5.92. The Bertz CT molecular complexity index is 659. The Morgan fingerprint density at radius 3 is 2.53 bits per heavy atom. The van der Waals surface area contributed by atoms with Gasteiger partial charge < -0.3 is 16.2 Å². The number of carbonyl (C=O) groups is 1. The molecule has 0 bridgehead atoms. The van der Waals surface area contributed by atoms with E-state index in [1.807, 2.05) is 6.07 Å². The molecule has 1 aromatic carbocycles. The number of nitrogens with two attached hydrogens (primary N) is 2. The van der Waals surface area contributed by atoms with Crippen LogP contribution in [0.2, 0.25) is 0 Å². The fourth-order valence-electron chi connectivity index (χ4n) is 1.43. The van der Waals surface area contributed by atoms with Crippen molar-refractivity contribution in [1.29, 1.82) is 5.26 Å². The van der Waals surface area contributed by atoms with Crippen LogP contribution < -0.4 is 16.2 Å². The maximum Gasteiger partial charge on any atom is 0.248 e. The zero-order chi connectivity index (χ0) is 13.8. The number of nitrogens with zero attached hydrogens (tertiary/aromatic N) is 2. The second kappa shape index (κ2) is 5.06. The van der Waals surface area contributed by atoms with Gasteiger partial charge in [0.15, 0.2) is 0 Å². The fraction of sp³-hybridized carbons (Fsp3) is 0. The summed E-state index contributed by atoms with van der Waals surface area (Å²) in [4.78, 5) is 14.9. The summed E-state index contributed by atoms with van der Waals surface area (Å²) >= 11 is 0. The topological polar surface area (TPSA) is 115 Å². The number of ether oxygens (including phenoxy) is 1. The summed E-state index contributed by atoms with van der Waals surface area (Å²) in [5.74, 6) is 0.0702. The Labute approximate surface area is 109 Å². The lowest BCUT2D eigenvalue weighted by Crippen LogP contribution is -2.10. The first-order chi connectivity index (χ1) is 9.11. The number of hydrogen-bond donors (Lipinski definition) is 2. The minimum absolute atomic E-state index is 0.144. The number of nitrogen functional groups attached to an aromatic ring is 1. The largest absolute Gasteiger partial charge is 0.437 e. The molecule has 0 spiro atoms. The van der Waals surface area contributed by atoms with E-state index >= 15 is 0 Å². The highest BCUT2D eigenvalue weighted by atomic mass is 16.5. The molecule has 0 unspecified atom stereocenters. The van der Waals surface area contributed by atoms with E-state index in [1.165, 1.54) is 24.4 Å².